The lowest BCUT2D eigenvalue weighted by Gasteiger charge is -2.25. The average molecular weight is 409 g/mol. The summed E-state index contributed by atoms with van der Waals surface area (Å²) in [6.45, 7) is 1.30. The molecule has 2 heterocycles. The third-order valence-electron chi connectivity index (χ3n) is 4.07. The molecule has 0 radical (unpaired) electrons. The maximum Gasteiger partial charge on any atom is 0.337 e. The molecule has 27 heavy (non-hydrogen) atoms. The number of hydrogen-bond donors (Lipinski definition) is 1. The molecule has 3 rings (SSSR count). The Balaban J connectivity index is 1.91. The molecule has 7 nitrogen and oxygen atoms in total. The summed E-state index contributed by atoms with van der Waals surface area (Å²) in [5, 5.41) is 9.59. The number of morpholine rings is 1. The third kappa shape index (κ3) is 4.38. The summed E-state index contributed by atoms with van der Waals surface area (Å²) in [5.41, 5.74) is 0.716. The third-order valence-corrected chi connectivity index (χ3v) is 7.55. The molecule has 1 aromatic heterocycles. The number of methoxy groups -OCH3 is 1. The van der Waals surface area contributed by atoms with Crippen molar-refractivity contribution in [3.63, 3.8) is 0 Å². The van der Waals surface area contributed by atoms with Crippen LogP contribution in [0.1, 0.15) is 10.4 Å². The van der Waals surface area contributed by atoms with Crippen molar-refractivity contribution in [2.75, 3.05) is 33.4 Å². The van der Waals surface area contributed by atoms with Gasteiger partial charge in [-0.25, -0.2) is 13.2 Å². The molecular formula is C18H19NO6S2. The highest BCUT2D eigenvalue weighted by molar-refractivity contribution is 7.91. The van der Waals surface area contributed by atoms with Crippen LogP contribution in [0.15, 0.2) is 40.6 Å². The Morgan fingerprint density at radius 2 is 1.85 bits per heavy atom. The number of aliphatic carboxylic acids is 1. The monoisotopic (exact) mass is 409 g/mol. The summed E-state index contributed by atoms with van der Waals surface area (Å²) in [6, 6.07) is 9.92. The largest absolute Gasteiger partial charge is 0.497 e. The van der Waals surface area contributed by atoms with Crippen LogP contribution in [-0.2, 0) is 19.6 Å². The fraction of sp³-hybridized carbons (Fsp3) is 0.278. The van der Waals surface area contributed by atoms with E-state index in [2.05, 4.69) is 0 Å². The van der Waals surface area contributed by atoms with E-state index in [4.69, 9.17) is 9.47 Å². The zero-order valence-corrected chi connectivity index (χ0v) is 16.3. The molecule has 0 aliphatic carbocycles. The second-order valence-electron chi connectivity index (χ2n) is 5.77. The van der Waals surface area contributed by atoms with Gasteiger partial charge in [0, 0.05) is 18.0 Å². The molecule has 0 saturated carbocycles. The Morgan fingerprint density at radius 3 is 2.44 bits per heavy atom. The summed E-state index contributed by atoms with van der Waals surface area (Å²) in [7, 11) is -2.10. The first-order valence-electron chi connectivity index (χ1n) is 8.19. The minimum Gasteiger partial charge on any atom is -0.497 e. The fourth-order valence-corrected chi connectivity index (χ4v) is 5.50. The number of benzene rings is 1. The fourth-order valence-electron chi connectivity index (χ4n) is 2.62. The highest BCUT2D eigenvalue weighted by atomic mass is 32.2. The Bertz CT molecular complexity index is 940. The maximum atomic E-state index is 12.7. The van der Waals surface area contributed by atoms with Crippen LogP contribution in [0, 0.1) is 0 Å². The van der Waals surface area contributed by atoms with Crippen molar-refractivity contribution in [2.45, 2.75) is 4.21 Å². The summed E-state index contributed by atoms with van der Waals surface area (Å²) < 4.78 is 37.2. The molecular weight excluding hydrogens is 390 g/mol. The molecule has 0 bridgehead atoms. The summed E-state index contributed by atoms with van der Waals surface area (Å²) in [5.74, 6) is -0.456. The van der Waals surface area contributed by atoms with Crippen LogP contribution in [0.2, 0.25) is 0 Å². The molecule has 0 spiro atoms. The highest BCUT2D eigenvalue weighted by Crippen LogP contribution is 2.31. The van der Waals surface area contributed by atoms with Crippen molar-refractivity contribution < 1.29 is 27.8 Å². The van der Waals surface area contributed by atoms with Gasteiger partial charge in [0.1, 0.15) is 9.96 Å². The van der Waals surface area contributed by atoms with E-state index in [9.17, 15) is 18.3 Å². The van der Waals surface area contributed by atoms with Gasteiger partial charge in [-0.05, 0) is 35.9 Å². The Hall–Kier alpha value is -2.20. The zero-order chi connectivity index (χ0) is 19.4. The van der Waals surface area contributed by atoms with E-state index in [0.29, 0.717) is 42.5 Å². The molecule has 144 valence electrons. The minimum atomic E-state index is -3.65. The van der Waals surface area contributed by atoms with E-state index in [-0.39, 0.29) is 9.78 Å². The van der Waals surface area contributed by atoms with Crippen LogP contribution in [0.5, 0.6) is 5.75 Å². The van der Waals surface area contributed by atoms with Gasteiger partial charge in [-0.3, -0.25) is 0 Å². The van der Waals surface area contributed by atoms with Gasteiger partial charge in [-0.2, -0.15) is 4.31 Å². The van der Waals surface area contributed by atoms with Crippen LogP contribution >= 0.6 is 11.3 Å². The smallest absolute Gasteiger partial charge is 0.337 e. The molecule has 0 atom stereocenters. The molecule has 1 aliphatic heterocycles. The van der Waals surface area contributed by atoms with Gasteiger partial charge in [0.15, 0.2) is 0 Å². The lowest BCUT2D eigenvalue weighted by molar-refractivity contribution is -0.130. The molecule has 1 aliphatic rings. The van der Waals surface area contributed by atoms with Crippen LogP contribution in [0.25, 0.3) is 11.6 Å². The van der Waals surface area contributed by atoms with E-state index in [1.165, 1.54) is 22.5 Å². The van der Waals surface area contributed by atoms with E-state index in [1.807, 2.05) is 0 Å². The summed E-state index contributed by atoms with van der Waals surface area (Å²) in [4.78, 5) is 12.1. The van der Waals surface area contributed by atoms with E-state index < -0.39 is 16.0 Å². The standard InChI is InChI=1S/C18H19NO6S2/c1-24-14-4-2-13(3-5-14)12-15(18(20)21)16-6-7-17(26-16)27(22,23)19-8-10-25-11-9-19/h2-7,12H,8-11H2,1H3,(H,20,21)/b15-12+. The topological polar surface area (TPSA) is 93.1 Å². The Labute approximate surface area is 161 Å². The SMILES string of the molecule is COc1ccc(/C=C(/C(=O)O)c2ccc(S(=O)(=O)N3CCOCC3)s2)cc1. The van der Waals surface area contributed by atoms with Crippen molar-refractivity contribution in [1.29, 1.82) is 0 Å². The van der Waals surface area contributed by atoms with E-state index >= 15 is 0 Å². The van der Waals surface area contributed by atoms with E-state index in [1.54, 1.807) is 31.4 Å². The number of thiophene rings is 1. The molecule has 2 aromatic rings. The van der Waals surface area contributed by atoms with Gasteiger partial charge in [0.25, 0.3) is 10.0 Å². The van der Waals surface area contributed by atoms with Crippen molar-refractivity contribution in [3.8, 4) is 5.75 Å². The zero-order valence-electron chi connectivity index (χ0n) is 14.6. The first-order valence-corrected chi connectivity index (χ1v) is 10.4. The molecule has 1 N–H and O–H groups in total. The van der Waals surface area contributed by atoms with Gasteiger partial charge in [0.05, 0.1) is 25.9 Å². The van der Waals surface area contributed by atoms with Crippen molar-refractivity contribution in [1.82, 2.24) is 4.31 Å². The van der Waals surface area contributed by atoms with Gasteiger partial charge in [0.2, 0.25) is 0 Å². The second-order valence-corrected chi connectivity index (χ2v) is 9.02. The lowest BCUT2D eigenvalue weighted by Crippen LogP contribution is -2.40. The second kappa shape index (κ2) is 8.22. The van der Waals surface area contributed by atoms with Crippen LogP contribution in [0.4, 0.5) is 0 Å². The number of ether oxygens (including phenoxy) is 2. The Morgan fingerprint density at radius 1 is 1.19 bits per heavy atom. The number of rotatable bonds is 6. The maximum absolute atomic E-state index is 12.7. The average Bonchev–Trinajstić information content (AvgIpc) is 3.17. The molecule has 1 saturated heterocycles. The van der Waals surface area contributed by atoms with Crippen molar-refractivity contribution in [3.05, 3.63) is 46.8 Å². The molecule has 9 heteroatoms. The summed E-state index contributed by atoms with van der Waals surface area (Å²) >= 11 is 0.953. The van der Waals surface area contributed by atoms with Crippen LogP contribution < -0.4 is 4.74 Å². The predicted octanol–water partition coefficient (Wildman–Crippen LogP) is 2.40. The highest BCUT2D eigenvalue weighted by Gasteiger charge is 2.28. The normalized spacial score (nSPS) is 16.3. The number of carbonyl (C=O) groups is 1. The van der Waals surface area contributed by atoms with E-state index in [0.717, 1.165) is 11.3 Å². The number of hydrogen-bond acceptors (Lipinski definition) is 6. The first kappa shape index (κ1) is 19.6. The predicted molar refractivity (Wildman–Crippen MR) is 102 cm³/mol. The Kier molecular flexibility index (Phi) is 5.95. The van der Waals surface area contributed by atoms with Gasteiger partial charge >= 0.3 is 5.97 Å². The van der Waals surface area contributed by atoms with Gasteiger partial charge < -0.3 is 14.6 Å². The van der Waals surface area contributed by atoms with Crippen LogP contribution in [0.3, 0.4) is 0 Å². The van der Waals surface area contributed by atoms with Gasteiger partial charge in [-0.15, -0.1) is 11.3 Å². The number of sulfonamides is 1. The first-order chi connectivity index (χ1) is 12.9. The lowest BCUT2D eigenvalue weighted by atomic mass is 10.1. The molecule has 0 amide bonds. The summed E-state index contributed by atoms with van der Waals surface area (Å²) in [6.07, 6.45) is 1.51. The molecule has 1 aromatic carbocycles. The van der Waals surface area contributed by atoms with Crippen molar-refractivity contribution in [2.24, 2.45) is 0 Å². The van der Waals surface area contributed by atoms with Crippen molar-refractivity contribution >= 4 is 39.0 Å². The number of carboxylic acids is 1. The quantitative estimate of drug-likeness (QED) is 0.737. The molecule has 0 unspecified atom stereocenters. The number of carboxylic acid groups (broad SMARTS) is 1. The van der Waals surface area contributed by atoms with Crippen LogP contribution in [-0.4, -0.2) is 57.2 Å². The number of nitrogens with zero attached hydrogens (tertiary/aromatic N) is 1. The molecule has 1 fully saturated rings. The van der Waals surface area contributed by atoms with Gasteiger partial charge in [-0.1, -0.05) is 12.1 Å². The minimum absolute atomic E-state index is 0.0357.